The molecule has 1 unspecified atom stereocenters. The van der Waals surface area contributed by atoms with Gasteiger partial charge in [-0.2, -0.15) is 13.2 Å². The second-order valence-corrected chi connectivity index (χ2v) is 13.6. The number of nitrogens with two attached hydrogens (primary N) is 1. The number of primary amides is 1. The molecule has 1 atom stereocenters. The lowest BCUT2D eigenvalue weighted by atomic mass is 9.88. The maximum Gasteiger partial charge on any atom is 0.416 e. The van der Waals surface area contributed by atoms with Crippen molar-refractivity contribution >= 4 is 29.3 Å². The number of hydrogen-bond donors (Lipinski definition) is 2. The lowest BCUT2D eigenvalue weighted by molar-refractivity contribution is -0.137. The third kappa shape index (κ3) is 9.29. The van der Waals surface area contributed by atoms with Crippen LogP contribution in [0.1, 0.15) is 87.5 Å². The number of anilines is 1. The number of fused-ring (bicyclic) bond motifs is 1. The summed E-state index contributed by atoms with van der Waals surface area (Å²) in [5.74, 6) is -0.842. The molecule has 9 nitrogen and oxygen atoms in total. The van der Waals surface area contributed by atoms with Gasteiger partial charge >= 0.3 is 6.18 Å². The van der Waals surface area contributed by atoms with Crippen LogP contribution < -0.4 is 11.1 Å². The predicted octanol–water partition coefficient (Wildman–Crippen LogP) is 6.04. The van der Waals surface area contributed by atoms with Gasteiger partial charge in [-0.05, 0) is 85.9 Å². The Hall–Kier alpha value is -4.71. The molecule has 3 aromatic rings. The van der Waals surface area contributed by atoms with E-state index in [2.05, 4.69) is 5.32 Å². The van der Waals surface area contributed by atoms with E-state index in [4.69, 9.17) is 5.73 Å². The highest BCUT2D eigenvalue weighted by atomic mass is 19.4. The third-order valence-electron chi connectivity index (χ3n) is 9.56. The summed E-state index contributed by atoms with van der Waals surface area (Å²) in [6.45, 7) is 0.721. The zero-order chi connectivity index (χ0) is 36.0. The fraction of sp³-hybridized carbons (Fsp3) is 0.421. The molecule has 3 aromatic carbocycles. The van der Waals surface area contributed by atoms with E-state index in [1.807, 2.05) is 19.0 Å². The van der Waals surface area contributed by atoms with Crippen molar-refractivity contribution in [3.05, 3.63) is 100 Å². The Morgan fingerprint density at radius 3 is 2.24 bits per heavy atom. The summed E-state index contributed by atoms with van der Waals surface area (Å²) in [4.78, 5) is 56.7. The lowest BCUT2D eigenvalue weighted by Gasteiger charge is -2.37. The maximum absolute atomic E-state index is 14.2. The monoisotopic (exact) mass is 691 g/mol. The van der Waals surface area contributed by atoms with Gasteiger partial charge in [0, 0.05) is 42.9 Å². The fourth-order valence-electron chi connectivity index (χ4n) is 6.77. The molecule has 0 spiro atoms. The van der Waals surface area contributed by atoms with Gasteiger partial charge < -0.3 is 25.8 Å². The number of amides is 4. The first kappa shape index (κ1) is 36.6. The Balaban J connectivity index is 1.38. The van der Waals surface area contributed by atoms with Crippen LogP contribution in [0.15, 0.2) is 66.7 Å². The number of halogens is 3. The van der Waals surface area contributed by atoms with E-state index in [0.717, 1.165) is 37.0 Å². The van der Waals surface area contributed by atoms with Gasteiger partial charge in [0.1, 0.15) is 0 Å². The molecule has 0 saturated heterocycles. The lowest BCUT2D eigenvalue weighted by Crippen LogP contribution is -2.42. The summed E-state index contributed by atoms with van der Waals surface area (Å²) in [5.41, 5.74) is 7.86. The standard InChI is InChI=1S/C38H44F3N5O4/c1-44(2)19-20-45(24-34(42)47)36(49)28-10-7-26(8-11-28)23-46-33(27-12-15-30(16-13-27)38(39,40)41)21-29-14-17-31(22-32(29)37(46)50)43-35(48)18-9-25-5-3-4-6-25/h7-8,10-17,22,25,33H,3-6,9,18-21,23-24H2,1-2H3,(H2,42,47)(H,43,48). The van der Waals surface area contributed by atoms with E-state index in [-0.39, 0.29) is 30.8 Å². The van der Waals surface area contributed by atoms with Crippen molar-refractivity contribution in [3.8, 4) is 0 Å². The van der Waals surface area contributed by atoms with Crippen molar-refractivity contribution < 1.29 is 32.3 Å². The van der Waals surface area contributed by atoms with Crippen LogP contribution in [0.4, 0.5) is 18.9 Å². The molecule has 50 heavy (non-hydrogen) atoms. The van der Waals surface area contributed by atoms with Crippen LogP contribution >= 0.6 is 0 Å². The molecular weight excluding hydrogens is 647 g/mol. The van der Waals surface area contributed by atoms with Crippen molar-refractivity contribution in [2.45, 2.75) is 63.7 Å². The van der Waals surface area contributed by atoms with E-state index in [1.165, 1.54) is 29.9 Å². The van der Waals surface area contributed by atoms with Crippen molar-refractivity contribution in [3.63, 3.8) is 0 Å². The van der Waals surface area contributed by atoms with Crippen LogP contribution in [0.5, 0.6) is 0 Å². The smallest absolute Gasteiger partial charge is 0.368 e. The van der Waals surface area contributed by atoms with Gasteiger partial charge in [-0.3, -0.25) is 19.2 Å². The SMILES string of the molecule is CN(C)CCN(CC(N)=O)C(=O)c1ccc(CN2C(=O)c3cc(NC(=O)CCC4CCCC4)ccc3CC2c2ccc(C(F)(F)F)cc2)cc1. The number of carbonyl (C=O) groups excluding carboxylic acids is 4. The molecule has 1 fully saturated rings. The number of nitrogens with one attached hydrogen (secondary N) is 1. The number of benzene rings is 3. The molecule has 0 bridgehead atoms. The van der Waals surface area contributed by atoms with Gasteiger partial charge in [-0.25, -0.2) is 0 Å². The highest BCUT2D eigenvalue weighted by molar-refractivity contribution is 6.00. The molecule has 1 heterocycles. The molecule has 4 amide bonds. The number of carbonyl (C=O) groups is 4. The average Bonchev–Trinajstić information content (AvgIpc) is 3.60. The predicted molar refractivity (Wildman–Crippen MR) is 184 cm³/mol. The zero-order valence-electron chi connectivity index (χ0n) is 28.5. The van der Waals surface area contributed by atoms with E-state index in [9.17, 15) is 32.3 Å². The summed E-state index contributed by atoms with van der Waals surface area (Å²) < 4.78 is 40.1. The molecule has 2 aliphatic rings. The van der Waals surface area contributed by atoms with E-state index < -0.39 is 23.7 Å². The van der Waals surface area contributed by atoms with Crippen molar-refractivity contribution in [1.29, 1.82) is 0 Å². The Bertz CT molecular complexity index is 1690. The van der Waals surface area contributed by atoms with Crippen molar-refractivity contribution in [1.82, 2.24) is 14.7 Å². The van der Waals surface area contributed by atoms with Crippen LogP contribution in [-0.4, -0.2) is 72.1 Å². The number of nitrogens with zero attached hydrogens (tertiary/aromatic N) is 3. The molecule has 12 heteroatoms. The summed E-state index contributed by atoms with van der Waals surface area (Å²) in [5, 5.41) is 2.93. The van der Waals surface area contributed by atoms with Crippen LogP contribution in [0.2, 0.25) is 0 Å². The van der Waals surface area contributed by atoms with Crippen LogP contribution in [0.25, 0.3) is 0 Å². The van der Waals surface area contributed by atoms with Crippen molar-refractivity contribution in [2.24, 2.45) is 11.7 Å². The largest absolute Gasteiger partial charge is 0.416 e. The van der Waals surface area contributed by atoms with Crippen LogP contribution in [-0.2, 0) is 28.7 Å². The minimum absolute atomic E-state index is 0.106. The van der Waals surface area contributed by atoms with Gasteiger partial charge in [0.15, 0.2) is 0 Å². The highest BCUT2D eigenvalue weighted by Gasteiger charge is 2.35. The number of hydrogen-bond acceptors (Lipinski definition) is 5. The first-order valence-electron chi connectivity index (χ1n) is 17.0. The van der Waals surface area contributed by atoms with Crippen LogP contribution in [0, 0.1) is 5.92 Å². The Labute approximate surface area is 290 Å². The second kappa shape index (κ2) is 15.9. The summed E-state index contributed by atoms with van der Waals surface area (Å²) in [6.07, 6.45) is 1.82. The van der Waals surface area contributed by atoms with E-state index in [1.54, 1.807) is 47.4 Å². The molecule has 266 valence electrons. The first-order valence-corrected chi connectivity index (χ1v) is 17.0. The molecular formula is C38H44F3N5O4. The molecule has 5 rings (SSSR count). The summed E-state index contributed by atoms with van der Waals surface area (Å²) in [7, 11) is 3.71. The first-order chi connectivity index (χ1) is 23.8. The fourth-order valence-corrected chi connectivity index (χ4v) is 6.77. The minimum atomic E-state index is -4.50. The average molecular weight is 692 g/mol. The molecule has 1 saturated carbocycles. The van der Waals surface area contributed by atoms with Gasteiger partial charge in [0.05, 0.1) is 18.2 Å². The highest BCUT2D eigenvalue weighted by Crippen LogP contribution is 2.37. The number of rotatable bonds is 13. The van der Waals surface area contributed by atoms with E-state index in [0.29, 0.717) is 59.8 Å². The summed E-state index contributed by atoms with van der Waals surface area (Å²) in [6, 6.07) is 16.2. The van der Waals surface area contributed by atoms with Gasteiger partial charge in [0.25, 0.3) is 11.8 Å². The number of likely N-dealkylation sites (N-methyl/N-ethyl adjacent to an activating group) is 1. The Kier molecular flexibility index (Phi) is 11.6. The molecule has 3 N–H and O–H groups in total. The minimum Gasteiger partial charge on any atom is -0.368 e. The van der Waals surface area contributed by atoms with Gasteiger partial charge in [-0.1, -0.05) is 56.0 Å². The van der Waals surface area contributed by atoms with Gasteiger partial charge in [0.2, 0.25) is 11.8 Å². The Morgan fingerprint density at radius 2 is 1.62 bits per heavy atom. The number of alkyl halides is 3. The van der Waals surface area contributed by atoms with Gasteiger partial charge in [-0.15, -0.1) is 0 Å². The second-order valence-electron chi connectivity index (χ2n) is 13.6. The maximum atomic E-state index is 14.2. The zero-order valence-corrected chi connectivity index (χ0v) is 28.5. The molecule has 0 aromatic heterocycles. The topological polar surface area (TPSA) is 116 Å². The van der Waals surface area contributed by atoms with Crippen molar-refractivity contribution in [2.75, 3.05) is 39.0 Å². The van der Waals surface area contributed by atoms with E-state index >= 15 is 0 Å². The Morgan fingerprint density at radius 1 is 0.940 bits per heavy atom. The normalized spacial score (nSPS) is 16.4. The third-order valence-corrected chi connectivity index (χ3v) is 9.56. The molecule has 0 radical (unpaired) electrons. The molecule has 1 aliphatic carbocycles. The summed E-state index contributed by atoms with van der Waals surface area (Å²) >= 11 is 0. The molecule has 1 aliphatic heterocycles. The quantitative estimate of drug-likeness (QED) is 0.227. The van der Waals surface area contributed by atoms with Crippen LogP contribution in [0.3, 0.4) is 0 Å².